The number of aliphatic imine (C=N–C) groups is 2. The minimum absolute atomic E-state index is 0.182. The third kappa shape index (κ3) is 8.21. The number of alkyl halides is 2. The topological polar surface area (TPSA) is 83.1 Å². The lowest BCUT2D eigenvalue weighted by molar-refractivity contribution is -0.148. The molecule has 0 radical (unpaired) electrons. The number of halogens is 4. The molecule has 1 aromatic carbocycles. The van der Waals surface area contributed by atoms with Crippen LogP contribution in [0.2, 0.25) is 0 Å². The molecule has 2 atom stereocenters. The predicted octanol–water partition coefficient (Wildman–Crippen LogP) is 5.51. The van der Waals surface area contributed by atoms with E-state index in [0.29, 0.717) is 22.8 Å². The Morgan fingerprint density at radius 2 is 1.95 bits per heavy atom. The molecule has 1 heterocycles. The van der Waals surface area contributed by atoms with E-state index in [1.54, 1.807) is 19.9 Å². The van der Waals surface area contributed by atoms with E-state index < -0.39 is 36.2 Å². The molecule has 37 heavy (non-hydrogen) atoms. The molecule has 6 nitrogen and oxygen atoms in total. The Hall–Kier alpha value is -3.07. The fourth-order valence-corrected chi connectivity index (χ4v) is 4.13. The van der Waals surface area contributed by atoms with Gasteiger partial charge in [-0.25, -0.2) is 18.2 Å². The van der Waals surface area contributed by atoms with Gasteiger partial charge in [0.15, 0.2) is 0 Å². The highest BCUT2D eigenvalue weighted by atomic mass is 35.5. The van der Waals surface area contributed by atoms with Crippen molar-refractivity contribution in [1.29, 1.82) is 0 Å². The molecule has 10 heteroatoms. The number of carbonyl (C=O) groups excluding carboxylic acids is 1. The zero-order chi connectivity index (χ0) is 27.8. The molecule has 1 aromatic rings. The minimum atomic E-state index is -3.07. The van der Waals surface area contributed by atoms with Crippen LogP contribution in [0.5, 0.6) is 0 Å². The number of piperidine rings is 1. The smallest absolute Gasteiger partial charge is 0.270 e. The Balaban J connectivity index is 2.45. The third-order valence-electron chi connectivity index (χ3n) is 6.28. The predicted molar refractivity (Wildman–Crippen MR) is 145 cm³/mol. The summed E-state index contributed by atoms with van der Waals surface area (Å²) in [6.45, 7) is 6.76. The fraction of sp³-hybridized carbons (Fsp3) is 0.444. The number of amides is 1. The molecule has 0 aromatic heterocycles. The second-order valence-corrected chi connectivity index (χ2v) is 9.49. The van der Waals surface area contributed by atoms with Crippen molar-refractivity contribution in [2.24, 2.45) is 21.6 Å². The Morgan fingerprint density at radius 1 is 1.30 bits per heavy atom. The Bertz CT molecular complexity index is 1110. The first-order chi connectivity index (χ1) is 17.4. The molecule has 202 valence electrons. The number of hydrogen-bond donors (Lipinski definition) is 2. The number of rotatable bonds is 9. The molecular formula is C27H35ClF3N5O. The van der Waals surface area contributed by atoms with Gasteiger partial charge in [0.1, 0.15) is 17.3 Å². The number of hydrogen-bond acceptors (Lipinski definition) is 5. The minimum Gasteiger partial charge on any atom is -0.394 e. The average molecular weight is 538 g/mol. The van der Waals surface area contributed by atoms with Crippen molar-refractivity contribution in [2.75, 3.05) is 20.1 Å². The lowest BCUT2D eigenvalue weighted by Gasteiger charge is -2.43. The first kappa shape index (κ1) is 30.2. The maximum atomic E-state index is 14.7. The van der Waals surface area contributed by atoms with Crippen molar-refractivity contribution in [3.05, 3.63) is 63.8 Å². The van der Waals surface area contributed by atoms with Gasteiger partial charge in [0, 0.05) is 38.0 Å². The SMILES string of the molecule is C\C=C(Cl)/C=N\C(NCC1C(C)CC(F)(F)CN1C(=O)C(N)=C(C=NC)c1ccc(F)cc1)=C(\C)CC. The zero-order valence-corrected chi connectivity index (χ0v) is 22.6. The van der Waals surface area contributed by atoms with Crippen LogP contribution in [0, 0.1) is 11.7 Å². The van der Waals surface area contributed by atoms with E-state index in [1.165, 1.54) is 43.7 Å². The van der Waals surface area contributed by atoms with Crippen molar-refractivity contribution < 1.29 is 18.0 Å². The molecule has 1 fully saturated rings. The van der Waals surface area contributed by atoms with Gasteiger partial charge in [0.05, 0.1) is 17.6 Å². The lowest BCUT2D eigenvalue weighted by Crippen LogP contribution is -2.59. The van der Waals surface area contributed by atoms with Gasteiger partial charge < -0.3 is 16.0 Å². The molecule has 0 aliphatic carbocycles. The summed E-state index contributed by atoms with van der Waals surface area (Å²) >= 11 is 6.05. The van der Waals surface area contributed by atoms with E-state index in [2.05, 4.69) is 15.3 Å². The number of carbonyl (C=O) groups is 1. The molecular weight excluding hydrogens is 503 g/mol. The quantitative estimate of drug-likeness (QED) is 0.322. The lowest BCUT2D eigenvalue weighted by atomic mass is 9.87. The second-order valence-electron chi connectivity index (χ2n) is 9.05. The number of benzene rings is 1. The highest BCUT2D eigenvalue weighted by Gasteiger charge is 2.46. The monoisotopic (exact) mass is 537 g/mol. The van der Waals surface area contributed by atoms with Crippen LogP contribution < -0.4 is 11.1 Å². The maximum Gasteiger partial charge on any atom is 0.270 e. The van der Waals surface area contributed by atoms with E-state index in [-0.39, 0.29) is 24.2 Å². The molecule has 0 spiro atoms. The number of allylic oxidation sites excluding steroid dienone is 4. The van der Waals surface area contributed by atoms with Crippen molar-refractivity contribution >= 4 is 35.5 Å². The molecule has 1 aliphatic rings. The highest BCUT2D eigenvalue weighted by Crippen LogP contribution is 2.35. The zero-order valence-electron chi connectivity index (χ0n) is 21.9. The van der Waals surface area contributed by atoms with Gasteiger partial charge in [-0.2, -0.15) is 0 Å². The number of nitrogens with one attached hydrogen (secondary N) is 1. The standard InChI is InChI=1S/C27H35ClF3N5O/c1-6-17(3)25(34-13-20(28)7-2)35-15-23-18(4)12-27(30,31)16-36(23)26(37)24(32)22(14-33-5)19-8-10-21(29)11-9-19/h7-11,13-14,18,23,35H,6,12,15-16,32H2,1-5H3/b20-7+,24-22?,25-17+,33-14?,34-13-. The largest absolute Gasteiger partial charge is 0.394 e. The third-order valence-corrected chi connectivity index (χ3v) is 6.60. The maximum absolute atomic E-state index is 14.7. The summed E-state index contributed by atoms with van der Waals surface area (Å²) in [6, 6.07) is 4.77. The van der Waals surface area contributed by atoms with Crippen LogP contribution in [-0.4, -0.2) is 55.3 Å². The average Bonchev–Trinajstić information content (AvgIpc) is 2.86. The van der Waals surface area contributed by atoms with Crippen LogP contribution in [0.4, 0.5) is 13.2 Å². The molecule has 2 unspecified atom stereocenters. The van der Waals surface area contributed by atoms with Gasteiger partial charge in [-0.15, -0.1) is 0 Å². The first-order valence-electron chi connectivity index (χ1n) is 12.1. The van der Waals surface area contributed by atoms with Gasteiger partial charge in [0.2, 0.25) is 0 Å². The fourth-order valence-electron chi connectivity index (χ4n) is 4.08. The van der Waals surface area contributed by atoms with Crippen LogP contribution in [0.25, 0.3) is 5.57 Å². The van der Waals surface area contributed by atoms with Crippen LogP contribution in [-0.2, 0) is 4.79 Å². The Labute approximate surface area is 221 Å². The molecule has 1 amide bonds. The molecule has 3 N–H and O–H groups in total. The van der Waals surface area contributed by atoms with E-state index in [4.69, 9.17) is 17.3 Å². The summed E-state index contributed by atoms with van der Waals surface area (Å²) < 4.78 is 42.8. The summed E-state index contributed by atoms with van der Waals surface area (Å²) in [7, 11) is 1.50. The van der Waals surface area contributed by atoms with E-state index in [9.17, 15) is 18.0 Å². The summed E-state index contributed by atoms with van der Waals surface area (Å²) in [5, 5.41) is 3.68. The van der Waals surface area contributed by atoms with Gasteiger partial charge in [-0.05, 0) is 49.5 Å². The van der Waals surface area contributed by atoms with Crippen LogP contribution in [0.1, 0.15) is 46.1 Å². The van der Waals surface area contributed by atoms with Crippen LogP contribution in [0.15, 0.2) is 62.4 Å². The summed E-state index contributed by atoms with van der Waals surface area (Å²) in [5.74, 6) is -4.24. The molecule has 1 saturated heterocycles. The van der Waals surface area contributed by atoms with E-state index in [0.717, 1.165) is 10.5 Å². The highest BCUT2D eigenvalue weighted by molar-refractivity contribution is 6.39. The summed E-state index contributed by atoms with van der Waals surface area (Å²) in [6.07, 6.45) is 4.91. The van der Waals surface area contributed by atoms with E-state index in [1.807, 2.05) is 13.8 Å². The van der Waals surface area contributed by atoms with Gasteiger partial charge in [-0.3, -0.25) is 9.79 Å². The molecule has 0 bridgehead atoms. The van der Waals surface area contributed by atoms with Crippen molar-refractivity contribution in [2.45, 2.75) is 52.5 Å². The first-order valence-corrected chi connectivity index (χ1v) is 12.5. The Morgan fingerprint density at radius 3 is 2.51 bits per heavy atom. The Kier molecular flexibility index (Phi) is 11.0. The normalized spacial score (nSPS) is 21.8. The summed E-state index contributed by atoms with van der Waals surface area (Å²) in [4.78, 5) is 23.1. The second kappa shape index (κ2) is 13.5. The van der Waals surface area contributed by atoms with E-state index >= 15 is 0 Å². The molecule has 2 rings (SSSR count). The van der Waals surface area contributed by atoms with Gasteiger partial charge in [-0.1, -0.05) is 43.7 Å². The molecule has 1 aliphatic heterocycles. The number of nitrogens with zero attached hydrogens (tertiary/aromatic N) is 3. The molecule has 0 saturated carbocycles. The van der Waals surface area contributed by atoms with Crippen molar-refractivity contribution in [3.63, 3.8) is 0 Å². The van der Waals surface area contributed by atoms with Crippen molar-refractivity contribution in [1.82, 2.24) is 10.2 Å². The van der Waals surface area contributed by atoms with Crippen LogP contribution >= 0.6 is 11.6 Å². The number of likely N-dealkylation sites (tertiary alicyclic amines) is 1. The van der Waals surface area contributed by atoms with Gasteiger partial charge >= 0.3 is 0 Å². The summed E-state index contributed by atoms with van der Waals surface area (Å²) in [5.41, 5.74) is 7.63. The van der Waals surface area contributed by atoms with Crippen molar-refractivity contribution in [3.8, 4) is 0 Å². The van der Waals surface area contributed by atoms with Crippen LogP contribution in [0.3, 0.4) is 0 Å². The van der Waals surface area contributed by atoms with Gasteiger partial charge in [0.25, 0.3) is 11.8 Å². The number of nitrogens with two attached hydrogens (primary N) is 1.